The smallest absolute Gasteiger partial charge is 0.315 e. The second-order valence-electron chi connectivity index (χ2n) is 6.89. The van der Waals surface area contributed by atoms with Crippen molar-refractivity contribution in [2.24, 2.45) is 5.41 Å². The molecule has 1 aromatic carbocycles. The minimum absolute atomic E-state index is 0.0354. The van der Waals surface area contributed by atoms with Gasteiger partial charge >= 0.3 is 6.03 Å². The van der Waals surface area contributed by atoms with Crippen LogP contribution in [-0.2, 0) is 17.7 Å². The highest BCUT2D eigenvalue weighted by Gasteiger charge is 2.47. The number of carbonyl (C=O) groups excluding carboxylic acids is 1. The van der Waals surface area contributed by atoms with E-state index >= 15 is 0 Å². The first kappa shape index (κ1) is 16.5. The van der Waals surface area contributed by atoms with Crippen LogP contribution in [0.3, 0.4) is 0 Å². The van der Waals surface area contributed by atoms with E-state index in [1.165, 1.54) is 22.7 Å². The third-order valence-electron chi connectivity index (χ3n) is 5.44. The maximum Gasteiger partial charge on any atom is 0.315 e. The van der Waals surface area contributed by atoms with Crippen LogP contribution in [0, 0.1) is 12.3 Å². The van der Waals surface area contributed by atoms with Crippen LogP contribution in [0.15, 0.2) is 24.3 Å². The van der Waals surface area contributed by atoms with Gasteiger partial charge in [-0.05, 0) is 48.8 Å². The first-order chi connectivity index (χ1) is 12.2. The van der Waals surface area contributed by atoms with Crippen molar-refractivity contribution in [3.63, 3.8) is 0 Å². The van der Waals surface area contributed by atoms with E-state index in [2.05, 4.69) is 44.5 Å². The van der Waals surface area contributed by atoms with Gasteiger partial charge in [-0.3, -0.25) is 0 Å². The van der Waals surface area contributed by atoms with Gasteiger partial charge in [-0.2, -0.15) is 0 Å². The molecule has 6 nitrogen and oxygen atoms in total. The van der Waals surface area contributed by atoms with Crippen LogP contribution in [0.2, 0.25) is 0 Å². The van der Waals surface area contributed by atoms with E-state index < -0.39 is 0 Å². The van der Waals surface area contributed by atoms with Gasteiger partial charge in [0.2, 0.25) is 0 Å². The van der Waals surface area contributed by atoms with Crippen LogP contribution in [0.25, 0.3) is 0 Å². The van der Waals surface area contributed by atoms with Crippen LogP contribution >= 0.6 is 11.5 Å². The molecule has 2 heterocycles. The standard InChI is InChI=1S/C18H22N4O2S/c1-12-15(25-22-21-12)11-19-17(23)20-16-14-5-3-2-4-13(14)10-18(16)6-8-24-9-7-18/h2-5,16H,6-11H2,1H3,(H2,19,20,23). The summed E-state index contributed by atoms with van der Waals surface area (Å²) in [4.78, 5) is 13.5. The number of urea groups is 1. The molecule has 2 aromatic rings. The van der Waals surface area contributed by atoms with Crippen molar-refractivity contribution in [2.45, 2.75) is 38.8 Å². The third kappa shape index (κ3) is 3.14. The Hall–Kier alpha value is -1.99. The predicted molar refractivity (Wildman–Crippen MR) is 95.4 cm³/mol. The predicted octanol–water partition coefficient (Wildman–Crippen LogP) is 2.74. The Morgan fingerprint density at radius 2 is 2.16 bits per heavy atom. The van der Waals surface area contributed by atoms with Crippen LogP contribution in [0.4, 0.5) is 4.79 Å². The Bertz CT molecular complexity index is 770. The molecule has 0 saturated carbocycles. The molecule has 132 valence electrons. The second kappa shape index (κ2) is 6.72. The van der Waals surface area contributed by atoms with E-state index in [1.807, 2.05) is 6.92 Å². The van der Waals surface area contributed by atoms with Crippen LogP contribution < -0.4 is 10.6 Å². The zero-order valence-electron chi connectivity index (χ0n) is 14.2. The molecule has 2 aliphatic rings. The van der Waals surface area contributed by atoms with E-state index in [4.69, 9.17) is 4.74 Å². The van der Waals surface area contributed by atoms with E-state index in [-0.39, 0.29) is 17.5 Å². The van der Waals surface area contributed by atoms with Crippen molar-refractivity contribution in [1.82, 2.24) is 20.2 Å². The Morgan fingerprint density at radius 3 is 2.92 bits per heavy atom. The number of rotatable bonds is 3. The molecule has 1 spiro atoms. The summed E-state index contributed by atoms with van der Waals surface area (Å²) in [7, 11) is 0. The summed E-state index contributed by atoms with van der Waals surface area (Å²) in [5, 5.41) is 10.2. The number of aryl methyl sites for hydroxylation is 1. The largest absolute Gasteiger partial charge is 0.381 e. The number of benzene rings is 1. The highest BCUT2D eigenvalue weighted by atomic mass is 32.1. The Morgan fingerprint density at radius 1 is 1.36 bits per heavy atom. The molecule has 25 heavy (non-hydrogen) atoms. The number of hydrogen-bond acceptors (Lipinski definition) is 5. The van der Waals surface area contributed by atoms with Crippen molar-refractivity contribution in [2.75, 3.05) is 13.2 Å². The minimum Gasteiger partial charge on any atom is -0.381 e. The number of fused-ring (bicyclic) bond motifs is 1. The minimum atomic E-state index is -0.139. The Kier molecular flexibility index (Phi) is 4.43. The maximum atomic E-state index is 12.6. The molecule has 2 amide bonds. The lowest BCUT2D eigenvalue weighted by molar-refractivity contribution is 0.00214. The molecule has 0 radical (unpaired) electrons. The van der Waals surface area contributed by atoms with E-state index in [0.29, 0.717) is 6.54 Å². The monoisotopic (exact) mass is 358 g/mol. The zero-order valence-corrected chi connectivity index (χ0v) is 15.1. The first-order valence-electron chi connectivity index (χ1n) is 8.66. The summed E-state index contributed by atoms with van der Waals surface area (Å²) in [6.45, 7) is 3.89. The van der Waals surface area contributed by atoms with Gasteiger partial charge < -0.3 is 15.4 Å². The van der Waals surface area contributed by atoms with Gasteiger partial charge in [-0.25, -0.2) is 4.79 Å². The maximum absolute atomic E-state index is 12.6. The lowest BCUT2D eigenvalue weighted by Crippen LogP contribution is -2.45. The second-order valence-corrected chi connectivity index (χ2v) is 7.73. The van der Waals surface area contributed by atoms with Gasteiger partial charge in [0.1, 0.15) is 0 Å². The molecule has 4 rings (SSSR count). The van der Waals surface area contributed by atoms with Crippen molar-refractivity contribution < 1.29 is 9.53 Å². The summed E-state index contributed by atoms with van der Waals surface area (Å²) in [5.41, 5.74) is 3.53. The summed E-state index contributed by atoms with van der Waals surface area (Å²) in [5.74, 6) is 0. The first-order valence-corrected chi connectivity index (χ1v) is 9.43. The van der Waals surface area contributed by atoms with Crippen LogP contribution in [-0.4, -0.2) is 28.8 Å². The van der Waals surface area contributed by atoms with Crippen LogP contribution in [0.5, 0.6) is 0 Å². The molecule has 1 aliphatic carbocycles. The number of ether oxygens (including phenoxy) is 1. The average molecular weight is 358 g/mol. The number of aromatic nitrogens is 2. The SMILES string of the molecule is Cc1nnsc1CNC(=O)NC1c2ccccc2CC12CCOCC2. The highest BCUT2D eigenvalue weighted by Crippen LogP contribution is 2.51. The molecule has 1 aliphatic heterocycles. The molecule has 1 unspecified atom stereocenters. The fourth-order valence-electron chi connectivity index (χ4n) is 4.02. The molecule has 1 fully saturated rings. The lowest BCUT2D eigenvalue weighted by atomic mass is 9.74. The number of nitrogens with one attached hydrogen (secondary N) is 2. The Labute approximate surface area is 151 Å². The topological polar surface area (TPSA) is 76.1 Å². The molecular formula is C18H22N4O2S. The molecule has 2 N–H and O–H groups in total. The molecule has 1 saturated heterocycles. The van der Waals surface area contributed by atoms with Gasteiger partial charge in [-0.1, -0.05) is 28.8 Å². The number of nitrogens with zero attached hydrogens (tertiary/aromatic N) is 2. The van der Waals surface area contributed by atoms with Crippen molar-refractivity contribution in [1.29, 1.82) is 0 Å². The third-order valence-corrected chi connectivity index (χ3v) is 6.26. The number of carbonyl (C=O) groups is 1. The normalized spacial score (nSPS) is 21.1. The molecular weight excluding hydrogens is 336 g/mol. The summed E-state index contributed by atoms with van der Waals surface area (Å²) < 4.78 is 9.48. The van der Waals surface area contributed by atoms with Crippen molar-refractivity contribution >= 4 is 17.6 Å². The Balaban J connectivity index is 1.50. The number of hydrogen-bond donors (Lipinski definition) is 2. The van der Waals surface area contributed by atoms with Crippen molar-refractivity contribution in [3.05, 3.63) is 46.0 Å². The molecule has 1 aromatic heterocycles. The van der Waals surface area contributed by atoms with E-state index in [1.54, 1.807) is 0 Å². The molecule has 7 heteroatoms. The summed E-state index contributed by atoms with van der Waals surface area (Å²) in [6, 6.07) is 8.35. The molecule has 0 bridgehead atoms. The number of amides is 2. The van der Waals surface area contributed by atoms with Gasteiger partial charge in [0.05, 0.1) is 23.2 Å². The fourth-order valence-corrected chi connectivity index (χ4v) is 4.59. The fraction of sp³-hybridized carbons (Fsp3) is 0.500. The average Bonchev–Trinajstić information content (AvgIpc) is 3.16. The van der Waals surface area contributed by atoms with Gasteiger partial charge in [0.15, 0.2) is 0 Å². The quantitative estimate of drug-likeness (QED) is 0.885. The van der Waals surface area contributed by atoms with Gasteiger partial charge in [-0.15, -0.1) is 5.10 Å². The zero-order chi connectivity index (χ0) is 17.3. The van der Waals surface area contributed by atoms with E-state index in [9.17, 15) is 4.79 Å². The summed E-state index contributed by atoms with van der Waals surface area (Å²) >= 11 is 1.32. The summed E-state index contributed by atoms with van der Waals surface area (Å²) in [6.07, 6.45) is 2.96. The van der Waals surface area contributed by atoms with Gasteiger partial charge in [0, 0.05) is 18.6 Å². The van der Waals surface area contributed by atoms with E-state index in [0.717, 1.165) is 43.0 Å². The van der Waals surface area contributed by atoms with Crippen molar-refractivity contribution in [3.8, 4) is 0 Å². The highest BCUT2D eigenvalue weighted by molar-refractivity contribution is 7.05. The molecule has 1 atom stereocenters. The van der Waals surface area contributed by atoms with Gasteiger partial charge in [0.25, 0.3) is 0 Å². The lowest BCUT2D eigenvalue weighted by Gasteiger charge is -2.39. The van der Waals surface area contributed by atoms with Crippen LogP contribution in [0.1, 0.15) is 40.6 Å².